The smallest absolute Gasteiger partial charge is 0.234 e. The summed E-state index contributed by atoms with van der Waals surface area (Å²) in [6.07, 6.45) is 5.37. The minimum absolute atomic E-state index is 0.718. The lowest BCUT2D eigenvalue weighted by Gasteiger charge is -2.11. The first-order chi connectivity index (χ1) is 8.78. The number of aromatic nitrogens is 4. The minimum Gasteiger partial charge on any atom is -0.330 e. The number of rotatable bonds is 7. The average molecular weight is 267 g/mol. The molecule has 2 rings (SSSR count). The summed E-state index contributed by atoms with van der Waals surface area (Å²) in [5, 5.41) is 14.0. The van der Waals surface area contributed by atoms with Crippen LogP contribution in [0, 0.1) is 5.92 Å². The maximum absolute atomic E-state index is 5.62. The molecule has 0 amide bonds. The van der Waals surface area contributed by atoms with Crippen molar-refractivity contribution in [3.05, 3.63) is 10.8 Å². The van der Waals surface area contributed by atoms with Crippen LogP contribution in [0.3, 0.4) is 0 Å². The van der Waals surface area contributed by atoms with E-state index in [2.05, 4.69) is 29.1 Å². The van der Waals surface area contributed by atoms with Crippen LogP contribution >= 0.6 is 11.3 Å². The van der Waals surface area contributed by atoms with E-state index in [1.54, 1.807) is 11.3 Å². The zero-order chi connectivity index (χ0) is 13.0. The van der Waals surface area contributed by atoms with E-state index in [9.17, 15) is 0 Å². The van der Waals surface area contributed by atoms with Gasteiger partial charge in [0.1, 0.15) is 5.01 Å². The molecule has 0 radical (unpaired) electrons. The normalized spacial score (nSPS) is 13.3. The number of hydrogen-bond acceptors (Lipinski definition) is 5. The quantitative estimate of drug-likeness (QED) is 0.833. The second kappa shape index (κ2) is 6.24. The fourth-order valence-electron chi connectivity index (χ4n) is 2.13. The molecule has 1 unspecified atom stereocenters. The molecule has 0 bridgehead atoms. The van der Waals surface area contributed by atoms with E-state index in [0.29, 0.717) is 0 Å². The third-order valence-corrected chi connectivity index (χ3v) is 4.29. The summed E-state index contributed by atoms with van der Waals surface area (Å²) >= 11 is 1.65. The number of nitrogens with zero attached hydrogens (tertiary/aromatic N) is 4. The highest BCUT2D eigenvalue weighted by Crippen LogP contribution is 2.20. The van der Waals surface area contributed by atoms with Gasteiger partial charge in [-0.05, 0) is 25.3 Å². The van der Waals surface area contributed by atoms with Crippen molar-refractivity contribution in [1.29, 1.82) is 0 Å². The fraction of sp³-hybridized carbons (Fsp3) is 0.750. The van der Waals surface area contributed by atoms with Crippen molar-refractivity contribution in [1.82, 2.24) is 19.8 Å². The van der Waals surface area contributed by atoms with Crippen LogP contribution in [0.1, 0.15) is 43.9 Å². The summed E-state index contributed by atoms with van der Waals surface area (Å²) in [6, 6.07) is 0. The molecule has 0 saturated heterocycles. The third-order valence-electron chi connectivity index (χ3n) is 3.33. The van der Waals surface area contributed by atoms with Crippen molar-refractivity contribution in [2.45, 2.75) is 46.0 Å². The SMILES string of the molecule is CCc1nnc2sc(CCC(CC)CCN)nn12. The summed E-state index contributed by atoms with van der Waals surface area (Å²) < 4.78 is 1.88. The van der Waals surface area contributed by atoms with Gasteiger partial charge in [-0.1, -0.05) is 31.6 Å². The predicted molar refractivity (Wildman–Crippen MR) is 73.8 cm³/mol. The lowest BCUT2D eigenvalue weighted by atomic mass is 9.97. The van der Waals surface area contributed by atoms with Gasteiger partial charge >= 0.3 is 0 Å². The average Bonchev–Trinajstić information content (AvgIpc) is 2.93. The molecule has 2 N–H and O–H groups in total. The Balaban J connectivity index is 2.01. The zero-order valence-corrected chi connectivity index (χ0v) is 11.9. The molecule has 5 nitrogen and oxygen atoms in total. The van der Waals surface area contributed by atoms with Crippen LogP contribution in [0.5, 0.6) is 0 Å². The van der Waals surface area contributed by atoms with Crippen LogP contribution in [0.4, 0.5) is 0 Å². The number of hydrogen-bond donors (Lipinski definition) is 1. The minimum atomic E-state index is 0.718. The Morgan fingerprint density at radius 1 is 1.28 bits per heavy atom. The number of fused-ring (bicyclic) bond motifs is 1. The van der Waals surface area contributed by atoms with Crippen LogP contribution in [0.2, 0.25) is 0 Å². The number of aryl methyl sites for hydroxylation is 2. The molecule has 0 aliphatic carbocycles. The Hall–Kier alpha value is -1.01. The zero-order valence-electron chi connectivity index (χ0n) is 11.1. The Kier molecular flexibility index (Phi) is 4.66. The highest BCUT2D eigenvalue weighted by atomic mass is 32.1. The summed E-state index contributed by atoms with van der Waals surface area (Å²) in [6.45, 7) is 5.08. The lowest BCUT2D eigenvalue weighted by Crippen LogP contribution is -2.09. The second-order valence-corrected chi connectivity index (χ2v) is 5.59. The van der Waals surface area contributed by atoms with Gasteiger partial charge in [0.2, 0.25) is 4.96 Å². The Labute approximate surface area is 111 Å². The van der Waals surface area contributed by atoms with Gasteiger partial charge in [0.05, 0.1) is 0 Å². The van der Waals surface area contributed by atoms with E-state index in [0.717, 1.165) is 47.5 Å². The van der Waals surface area contributed by atoms with Crippen molar-refractivity contribution in [3.8, 4) is 0 Å². The highest BCUT2D eigenvalue weighted by Gasteiger charge is 2.12. The number of nitrogens with two attached hydrogens (primary N) is 1. The summed E-state index contributed by atoms with van der Waals surface area (Å²) in [4.78, 5) is 0.911. The van der Waals surface area contributed by atoms with E-state index >= 15 is 0 Å². The summed E-state index contributed by atoms with van der Waals surface area (Å²) in [5.41, 5.74) is 5.62. The maximum atomic E-state index is 5.62. The largest absolute Gasteiger partial charge is 0.330 e. The first-order valence-corrected chi connectivity index (χ1v) is 7.50. The van der Waals surface area contributed by atoms with Gasteiger partial charge in [0.25, 0.3) is 0 Å². The molecule has 2 heterocycles. The maximum Gasteiger partial charge on any atom is 0.234 e. The predicted octanol–water partition coefficient (Wildman–Crippen LogP) is 2.06. The van der Waals surface area contributed by atoms with Gasteiger partial charge in [0.15, 0.2) is 5.82 Å². The van der Waals surface area contributed by atoms with E-state index in [1.807, 2.05) is 4.52 Å². The Morgan fingerprint density at radius 2 is 2.11 bits per heavy atom. The van der Waals surface area contributed by atoms with E-state index < -0.39 is 0 Å². The summed E-state index contributed by atoms with van der Waals surface area (Å²) in [7, 11) is 0. The molecule has 0 fully saturated rings. The molecular formula is C12H21N5S. The molecule has 0 aromatic carbocycles. The molecular weight excluding hydrogens is 246 g/mol. The van der Waals surface area contributed by atoms with E-state index in [4.69, 9.17) is 5.73 Å². The highest BCUT2D eigenvalue weighted by molar-refractivity contribution is 7.16. The summed E-state index contributed by atoms with van der Waals surface area (Å²) in [5.74, 6) is 1.66. The molecule has 18 heavy (non-hydrogen) atoms. The molecule has 2 aromatic rings. The molecule has 2 aromatic heterocycles. The molecule has 1 atom stereocenters. The molecule has 0 saturated carbocycles. The van der Waals surface area contributed by atoms with Crippen LogP contribution in [0.15, 0.2) is 0 Å². The fourth-order valence-corrected chi connectivity index (χ4v) is 3.00. The van der Waals surface area contributed by atoms with Crippen molar-refractivity contribution < 1.29 is 0 Å². The second-order valence-electron chi connectivity index (χ2n) is 4.55. The van der Waals surface area contributed by atoms with Gasteiger partial charge < -0.3 is 5.73 Å². The topological polar surface area (TPSA) is 69.1 Å². The molecule has 6 heteroatoms. The van der Waals surface area contributed by atoms with Gasteiger partial charge in [-0.25, -0.2) is 0 Å². The Morgan fingerprint density at radius 3 is 2.78 bits per heavy atom. The van der Waals surface area contributed by atoms with Gasteiger partial charge in [-0.15, -0.1) is 10.2 Å². The van der Waals surface area contributed by atoms with Crippen LogP contribution in [0.25, 0.3) is 4.96 Å². The molecule has 100 valence electrons. The van der Waals surface area contributed by atoms with Crippen LogP contribution < -0.4 is 5.73 Å². The van der Waals surface area contributed by atoms with Gasteiger partial charge in [-0.3, -0.25) is 0 Å². The third kappa shape index (κ3) is 2.87. The lowest BCUT2D eigenvalue weighted by molar-refractivity contribution is 0.442. The van der Waals surface area contributed by atoms with Crippen molar-refractivity contribution in [2.24, 2.45) is 11.7 Å². The van der Waals surface area contributed by atoms with Crippen molar-refractivity contribution in [3.63, 3.8) is 0 Å². The Bertz CT molecular complexity index is 490. The van der Waals surface area contributed by atoms with Crippen molar-refractivity contribution >= 4 is 16.3 Å². The molecule has 0 aliphatic heterocycles. The van der Waals surface area contributed by atoms with Crippen molar-refractivity contribution in [2.75, 3.05) is 6.54 Å². The molecule has 0 spiro atoms. The standard InChI is InChI=1S/C12H21N5S/c1-3-9(7-8-13)5-6-11-16-17-10(4-2)14-15-12(17)18-11/h9H,3-8,13H2,1-2H3. The van der Waals surface area contributed by atoms with E-state index in [-0.39, 0.29) is 0 Å². The molecule has 0 aliphatic rings. The first kappa shape index (κ1) is 13.4. The van der Waals surface area contributed by atoms with Gasteiger partial charge in [-0.2, -0.15) is 9.61 Å². The van der Waals surface area contributed by atoms with E-state index in [1.165, 1.54) is 12.8 Å². The van der Waals surface area contributed by atoms with Gasteiger partial charge in [0, 0.05) is 12.8 Å². The van der Waals surface area contributed by atoms with Crippen LogP contribution in [-0.2, 0) is 12.8 Å². The first-order valence-electron chi connectivity index (χ1n) is 6.68. The van der Waals surface area contributed by atoms with Crippen LogP contribution in [-0.4, -0.2) is 26.4 Å². The monoisotopic (exact) mass is 267 g/mol.